The first-order valence-corrected chi connectivity index (χ1v) is 8.72. The molecule has 0 bridgehead atoms. The predicted molar refractivity (Wildman–Crippen MR) is 97.1 cm³/mol. The average Bonchev–Trinajstić information content (AvgIpc) is 3.23. The van der Waals surface area contributed by atoms with E-state index in [1.54, 1.807) is 0 Å². The van der Waals surface area contributed by atoms with Crippen LogP contribution in [0.15, 0.2) is 60.2 Å². The molecule has 2 aromatic rings. The van der Waals surface area contributed by atoms with E-state index in [9.17, 15) is 0 Å². The highest BCUT2D eigenvalue weighted by Crippen LogP contribution is 2.37. The highest BCUT2D eigenvalue weighted by molar-refractivity contribution is 5.21. The van der Waals surface area contributed by atoms with Crippen molar-refractivity contribution in [2.75, 3.05) is 6.54 Å². The van der Waals surface area contributed by atoms with E-state index in [4.69, 9.17) is 9.26 Å². The van der Waals surface area contributed by atoms with Gasteiger partial charge in [-0.15, -0.1) is 13.2 Å². The summed E-state index contributed by atoms with van der Waals surface area (Å²) in [5.74, 6) is 1.99. The third-order valence-electron chi connectivity index (χ3n) is 4.74. The maximum absolute atomic E-state index is 5.67. The average molecular weight is 339 g/mol. The number of hydrogen-bond acceptors (Lipinski definition) is 5. The number of hydrogen-bond donors (Lipinski definition) is 0. The zero-order chi connectivity index (χ0) is 17.5. The SMILES string of the molecule is C=CCC1(CC=C)CCCN1Cc1nc(COc2ccccc2)no1. The smallest absolute Gasteiger partial charge is 0.240 e. The lowest BCUT2D eigenvalue weighted by Gasteiger charge is -2.36. The molecule has 0 saturated carbocycles. The first kappa shape index (κ1) is 17.4. The summed E-state index contributed by atoms with van der Waals surface area (Å²) in [7, 11) is 0. The van der Waals surface area contributed by atoms with Gasteiger partial charge >= 0.3 is 0 Å². The Labute approximate surface area is 149 Å². The van der Waals surface area contributed by atoms with E-state index in [2.05, 4.69) is 28.2 Å². The van der Waals surface area contributed by atoms with Gasteiger partial charge in [0, 0.05) is 5.54 Å². The van der Waals surface area contributed by atoms with E-state index in [0.29, 0.717) is 24.9 Å². The molecule has 0 radical (unpaired) electrons. The molecule has 2 heterocycles. The summed E-state index contributed by atoms with van der Waals surface area (Å²) in [4.78, 5) is 6.90. The van der Waals surface area contributed by atoms with E-state index in [1.165, 1.54) is 6.42 Å². The Kier molecular flexibility index (Phi) is 5.66. The summed E-state index contributed by atoms with van der Waals surface area (Å²) in [6.45, 7) is 9.83. The first-order valence-electron chi connectivity index (χ1n) is 8.72. The minimum Gasteiger partial charge on any atom is -0.485 e. The van der Waals surface area contributed by atoms with Crippen LogP contribution < -0.4 is 4.74 Å². The Morgan fingerprint density at radius 1 is 1.20 bits per heavy atom. The van der Waals surface area contributed by atoms with Crippen molar-refractivity contribution in [2.45, 2.75) is 44.4 Å². The van der Waals surface area contributed by atoms with Crippen LogP contribution in [0.3, 0.4) is 0 Å². The van der Waals surface area contributed by atoms with Gasteiger partial charge < -0.3 is 9.26 Å². The van der Waals surface area contributed by atoms with Crippen molar-refractivity contribution in [3.63, 3.8) is 0 Å². The van der Waals surface area contributed by atoms with Crippen LogP contribution in [-0.2, 0) is 13.2 Å². The second-order valence-electron chi connectivity index (χ2n) is 6.44. The summed E-state index contributed by atoms with van der Waals surface area (Å²) in [6, 6.07) is 9.63. The highest BCUT2D eigenvalue weighted by Gasteiger charge is 2.39. The molecular formula is C20H25N3O2. The highest BCUT2D eigenvalue weighted by atomic mass is 16.5. The van der Waals surface area contributed by atoms with E-state index in [1.807, 2.05) is 42.5 Å². The van der Waals surface area contributed by atoms with Crippen LogP contribution in [0.4, 0.5) is 0 Å². The van der Waals surface area contributed by atoms with Crippen LogP contribution in [0.1, 0.15) is 37.4 Å². The maximum atomic E-state index is 5.67. The second-order valence-corrected chi connectivity index (χ2v) is 6.44. The fourth-order valence-corrected chi connectivity index (χ4v) is 3.56. The number of nitrogens with zero attached hydrogens (tertiary/aromatic N) is 3. The Morgan fingerprint density at radius 2 is 1.96 bits per heavy atom. The number of benzene rings is 1. The van der Waals surface area contributed by atoms with E-state index in [-0.39, 0.29) is 5.54 Å². The van der Waals surface area contributed by atoms with Crippen molar-refractivity contribution in [3.8, 4) is 5.75 Å². The molecule has 25 heavy (non-hydrogen) atoms. The second kappa shape index (κ2) is 8.12. The molecule has 0 N–H and O–H groups in total. The van der Waals surface area contributed by atoms with Gasteiger partial charge in [-0.25, -0.2) is 0 Å². The van der Waals surface area contributed by atoms with Gasteiger partial charge in [-0.2, -0.15) is 4.98 Å². The Hall–Kier alpha value is -2.40. The summed E-state index contributed by atoms with van der Waals surface area (Å²) in [6.07, 6.45) is 8.18. The maximum Gasteiger partial charge on any atom is 0.240 e. The quantitative estimate of drug-likeness (QED) is 0.643. The zero-order valence-electron chi connectivity index (χ0n) is 14.6. The Bertz CT molecular complexity index is 686. The lowest BCUT2D eigenvalue weighted by Crippen LogP contribution is -2.42. The summed E-state index contributed by atoms with van der Waals surface area (Å²) >= 11 is 0. The molecule has 0 unspecified atom stereocenters. The first-order chi connectivity index (χ1) is 12.3. The third-order valence-corrected chi connectivity index (χ3v) is 4.74. The number of rotatable bonds is 9. The summed E-state index contributed by atoms with van der Waals surface area (Å²) in [5.41, 5.74) is 0.0820. The van der Waals surface area contributed by atoms with Crippen molar-refractivity contribution in [3.05, 3.63) is 67.4 Å². The molecule has 1 aromatic heterocycles. The molecule has 3 rings (SSSR count). The number of likely N-dealkylation sites (tertiary alicyclic amines) is 1. The van der Waals surface area contributed by atoms with Crippen LogP contribution >= 0.6 is 0 Å². The molecule has 1 aliphatic heterocycles. The number of para-hydroxylation sites is 1. The van der Waals surface area contributed by atoms with Crippen molar-refractivity contribution in [2.24, 2.45) is 0 Å². The Morgan fingerprint density at radius 3 is 2.68 bits per heavy atom. The van der Waals surface area contributed by atoms with Gasteiger partial charge in [0.05, 0.1) is 6.54 Å². The molecule has 0 spiro atoms. The normalized spacial score (nSPS) is 16.6. The monoisotopic (exact) mass is 339 g/mol. The summed E-state index contributed by atoms with van der Waals surface area (Å²) in [5, 5.41) is 4.03. The van der Waals surface area contributed by atoms with E-state index in [0.717, 1.165) is 31.6 Å². The fourth-order valence-electron chi connectivity index (χ4n) is 3.56. The predicted octanol–water partition coefficient (Wildman–Crippen LogP) is 4.14. The van der Waals surface area contributed by atoms with E-state index >= 15 is 0 Å². The standard InChI is InChI=1S/C20H25N3O2/c1-3-11-20(12-4-2)13-8-14-23(20)15-19-21-18(22-25-19)16-24-17-9-6-5-7-10-17/h3-7,9-10H,1-2,8,11-16H2. The molecule has 1 aromatic carbocycles. The largest absolute Gasteiger partial charge is 0.485 e. The molecule has 5 heteroatoms. The molecule has 1 fully saturated rings. The van der Waals surface area contributed by atoms with Gasteiger partial charge in [0.2, 0.25) is 11.7 Å². The minimum absolute atomic E-state index is 0.0820. The van der Waals surface area contributed by atoms with Gasteiger partial charge in [0.25, 0.3) is 0 Å². The van der Waals surface area contributed by atoms with Crippen molar-refractivity contribution >= 4 is 0 Å². The van der Waals surface area contributed by atoms with Gasteiger partial charge in [0.15, 0.2) is 6.61 Å². The minimum atomic E-state index is 0.0820. The fraction of sp³-hybridized carbons (Fsp3) is 0.400. The topological polar surface area (TPSA) is 51.4 Å². The van der Waals surface area contributed by atoms with Gasteiger partial charge in [-0.05, 0) is 44.4 Å². The summed E-state index contributed by atoms with van der Waals surface area (Å²) < 4.78 is 11.1. The van der Waals surface area contributed by atoms with Gasteiger partial charge in [-0.1, -0.05) is 35.5 Å². The third kappa shape index (κ3) is 4.17. The van der Waals surface area contributed by atoms with Crippen LogP contribution in [-0.4, -0.2) is 27.1 Å². The molecular weight excluding hydrogens is 314 g/mol. The Balaban J connectivity index is 1.62. The van der Waals surface area contributed by atoms with Crippen molar-refractivity contribution in [1.82, 2.24) is 15.0 Å². The number of ether oxygens (including phenoxy) is 1. The molecule has 1 saturated heterocycles. The molecule has 0 atom stereocenters. The van der Waals surface area contributed by atoms with Crippen molar-refractivity contribution < 1.29 is 9.26 Å². The van der Waals surface area contributed by atoms with E-state index < -0.39 is 0 Å². The molecule has 132 valence electrons. The molecule has 1 aliphatic rings. The molecule has 0 aliphatic carbocycles. The van der Waals surface area contributed by atoms with Crippen LogP contribution in [0.2, 0.25) is 0 Å². The van der Waals surface area contributed by atoms with Crippen molar-refractivity contribution in [1.29, 1.82) is 0 Å². The van der Waals surface area contributed by atoms with Crippen LogP contribution in [0.25, 0.3) is 0 Å². The zero-order valence-corrected chi connectivity index (χ0v) is 14.6. The lowest BCUT2D eigenvalue weighted by atomic mass is 9.88. The number of aromatic nitrogens is 2. The van der Waals surface area contributed by atoms with Crippen LogP contribution in [0.5, 0.6) is 5.75 Å². The molecule has 0 amide bonds. The molecule has 5 nitrogen and oxygen atoms in total. The lowest BCUT2D eigenvalue weighted by molar-refractivity contribution is 0.117. The van der Waals surface area contributed by atoms with Gasteiger partial charge in [-0.3, -0.25) is 4.90 Å². The van der Waals surface area contributed by atoms with Crippen LogP contribution in [0, 0.1) is 0 Å². The van der Waals surface area contributed by atoms with Gasteiger partial charge in [0.1, 0.15) is 5.75 Å².